The maximum atomic E-state index is 12.0. The first kappa shape index (κ1) is 15.7. The second-order valence-electron chi connectivity index (χ2n) is 5.54. The molecule has 0 aliphatic heterocycles. The van der Waals surface area contributed by atoms with Crippen LogP contribution in [0.5, 0.6) is 0 Å². The highest BCUT2D eigenvalue weighted by atomic mass is 19.3. The van der Waals surface area contributed by atoms with Gasteiger partial charge in [-0.2, -0.15) is 8.78 Å². The van der Waals surface area contributed by atoms with Crippen LogP contribution in [-0.4, -0.2) is 5.97 Å². The quantitative estimate of drug-likeness (QED) is 0.735. The van der Waals surface area contributed by atoms with Crippen molar-refractivity contribution in [3.8, 4) is 0 Å². The Hall–Kier alpha value is -1.71. The molecule has 1 aromatic rings. The summed E-state index contributed by atoms with van der Waals surface area (Å²) in [5.74, 6) is 0.0263. The van der Waals surface area contributed by atoms with Gasteiger partial charge in [0.05, 0.1) is 5.92 Å². The molecule has 4 heteroatoms. The highest BCUT2D eigenvalue weighted by Crippen LogP contribution is 2.32. The molecule has 114 valence electrons. The third-order valence-corrected chi connectivity index (χ3v) is 4.01. The van der Waals surface area contributed by atoms with Crippen molar-refractivity contribution in [2.24, 2.45) is 11.8 Å². The van der Waals surface area contributed by atoms with Gasteiger partial charge in [-0.3, -0.25) is 4.79 Å². The lowest BCUT2D eigenvalue weighted by molar-refractivity contribution is -0.151. The minimum atomic E-state index is -1.61. The van der Waals surface area contributed by atoms with E-state index in [-0.39, 0.29) is 17.8 Å². The molecule has 2 nitrogen and oxygen atoms in total. The molecule has 0 atom stereocenters. The fourth-order valence-corrected chi connectivity index (χ4v) is 2.74. The SMILES string of the molecule is O=C(OCc1ccccc1)[C@H]1CC[C@H](CC=C(F)F)CC1. The van der Waals surface area contributed by atoms with Gasteiger partial charge in [-0.1, -0.05) is 30.3 Å². The zero-order valence-electron chi connectivity index (χ0n) is 11.9. The normalized spacial score (nSPS) is 21.6. The monoisotopic (exact) mass is 294 g/mol. The predicted octanol–water partition coefficient (Wildman–Crippen LogP) is 4.71. The van der Waals surface area contributed by atoms with Crippen LogP contribution in [-0.2, 0) is 16.1 Å². The molecule has 0 N–H and O–H groups in total. The van der Waals surface area contributed by atoms with Crippen LogP contribution in [0.25, 0.3) is 0 Å². The van der Waals surface area contributed by atoms with Crippen LogP contribution in [0.3, 0.4) is 0 Å². The molecular formula is C17H20F2O2. The number of halogens is 2. The standard InChI is InChI=1S/C17H20F2O2/c18-16(19)11-8-13-6-9-15(10-7-13)17(20)21-12-14-4-2-1-3-5-14/h1-5,11,13,15H,6-10,12H2/t13-,15-. The average molecular weight is 294 g/mol. The van der Waals surface area contributed by atoms with Crippen LogP contribution in [0, 0.1) is 11.8 Å². The lowest BCUT2D eigenvalue weighted by Crippen LogP contribution is -2.23. The summed E-state index contributed by atoms with van der Waals surface area (Å²) in [6.07, 6.45) is 2.89. The fraction of sp³-hybridized carbons (Fsp3) is 0.471. The van der Waals surface area contributed by atoms with Crippen molar-refractivity contribution >= 4 is 5.97 Å². The van der Waals surface area contributed by atoms with Gasteiger partial charge in [0.1, 0.15) is 6.61 Å². The van der Waals surface area contributed by atoms with Crippen molar-refractivity contribution < 1.29 is 18.3 Å². The van der Waals surface area contributed by atoms with Gasteiger partial charge >= 0.3 is 5.97 Å². The van der Waals surface area contributed by atoms with E-state index in [1.807, 2.05) is 30.3 Å². The predicted molar refractivity (Wildman–Crippen MR) is 76.6 cm³/mol. The first-order valence-electron chi connectivity index (χ1n) is 7.37. The maximum absolute atomic E-state index is 12.0. The molecule has 0 amide bonds. The van der Waals surface area contributed by atoms with Crippen LogP contribution in [0.1, 0.15) is 37.7 Å². The van der Waals surface area contributed by atoms with Crippen LogP contribution in [0.15, 0.2) is 42.5 Å². The second kappa shape index (κ2) is 7.91. The number of rotatable bonds is 5. The van der Waals surface area contributed by atoms with E-state index in [0.29, 0.717) is 13.0 Å². The summed E-state index contributed by atoms with van der Waals surface area (Å²) < 4.78 is 29.4. The van der Waals surface area contributed by atoms with Gasteiger partial charge in [0.15, 0.2) is 0 Å². The molecule has 0 bridgehead atoms. The molecule has 1 aliphatic rings. The summed E-state index contributed by atoms with van der Waals surface area (Å²) in [5.41, 5.74) is 0.975. The van der Waals surface area contributed by atoms with E-state index in [1.165, 1.54) is 0 Å². The third kappa shape index (κ3) is 5.29. The van der Waals surface area contributed by atoms with Crippen LogP contribution in [0.2, 0.25) is 0 Å². The minimum Gasteiger partial charge on any atom is -0.461 e. The molecule has 1 fully saturated rings. The van der Waals surface area contributed by atoms with Crippen molar-refractivity contribution in [1.29, 1.82) is 0 Å². The number of allylic oxidation sites excluding steroid dienone is 1. The topological polar surface area (TPSA) is 26.3 Å². The van der Waals surface area contributed by atoms with E-state index in [1.54, 1.807) is 0 Å². The van der Waals surface area contributed by atoms with Gasteiger partial charge < -0.3 is 4.74 Å². The van der Waals surface area contributed by atoms with Gasteiger partial charge in [-0.25, -0.2) is 0 Å². The summed E-state index contributed by atoms with van der Waals surface area (Å²) in [7, 11) is 0. The lowest BCUT2D eigenvalue weighted by atomic mass is 9.80. The van der Waals surface area contributed by atoms with Crippen LogP contribution < -0.4 is 0 Å². The van der Waals surface area contributed by atoms with E-state index in [2.05, 4.69) is 0 Å². The molecule has 0 spiro atoms. The number of carbonyl (C=O) groups excluding carboxylic acids is 1. The zero-order chi connectivity index (χ0) is 15.1. The summed E-state index contributed by atoms with van der Waals surface area (Å²) >= 11 is 0. The minimum absolute atomic E-state index is 0.0795. The number of benzene rings is 1. The maximum Gasteiger partial charge on any atom is 0.309 e. The molecule has 0 unspecified atom stereocenters. The highest BCUT2D eigenvalue weighted by Gasteiger charge is 2.27. The molecule has 21 heavy (non-hydrogen) atoms. The largest absolute Gasteiger partial charge is 0.461 e. The van der Waals surface area contributed by atoms with Gasteiger partial charge in [-0.15, -0.1) is 0 Å². The fourth-order valence-electron chi connectivity index (χ4n) is 2.74. The van der Waals surface area contributed by atoms with E-state index in [4.69, 9.17) is 4.74 Å². The van der Waals surface area contributed by atoms with E-state index in [0.717, 1.165) is 37.3 Å². The Kier molecular flexibility index (Phi) is 5.90. The van der Waals surface area contributed by atoms with E-state index in [9.17, 15) is 13.6 Å². The van der Waals surface area contributed by atoms with Gasteiger partial charge in [-0.05, 0) is 49.7 Å². The summed E-state index contributed by atoms with van der Waals surface area (Å²) in [6, 6.07) is 9.57. The molecular weight excluding hydrogens is 274 g/mol. The first-order chi connectivity index (χ1) is 10.1. The Morgan fingerprint density at radius 2 is 1.81 bits per heavy atom. The van der Waals surface area contributed by atoms with Crippen molar-refractivity contribution in [1.82, 2.24) is 0 Å². The van der Waals surface area contributed by atoms with E-state index >= 15 is 0 Å². The first-order valence-corrected chi connectivity index (χ1v) is 7.37. The zero-order valence-corrected chi connectivity index (χ0v) is 11.9. The Morgan fingerprint density at radius 3 is 2.43 bits per heavy atom. The Labute approximate surface area is 123 Å². The highest BCUT2D eigenvalue weighted by molar-refractivity contribution is 5.72. The number of hydrogen-bond donors (Lipinski definition) is 0. The van der Waals surface area contributed by atoms with Gasteiger partial charge in [0.2, 0.25) is 0 Å². The summed E-state index contributed by atoms with van der Waals surface area (Å²) in [6.45, 7) is 0.301. The number of ether oxygens (including phenoxy) is 1. The molecule has 0 radical (unpaired) electrons. The van der Waals surface area contributed by atoms with E-state index < -0.39 is 6.08 Å². The van der Waals surface area contributed by atoms with Crippen molar-refractivity contribution in [3.05, 3.63) is 48.1 Å². The van der Waals surface area contributed by atoms with Gasteiger partial charge in [0.25, 0.3) is 6.08 Å². The lowest BCUT2D eigenvalue weighted by Gasteiger charge is -2.26. The smallest absolute Gasteiger partial charge is 0.309 e. The van der Waals surface area contributed by atoms with Crippen LogP contribution in [0.4, 0.5) is 8.78 Å². The molecule has 1 aliphatic carbocycles. The molecule has 1 aromatic carbocycles. The molecule has 0 heterocycles. The van der Waals surface area contributed by atoms with Crippen molar-refractivity contribution in [2.45, 2.75) is 38.7 Å². The van der Waals surface area contributed by atoms with Crippen molar-refractivity contribution in [2.75, 3.05) is 0 Å². The van der Waals surface area contributed by atoms with Gasteiger partial charge in [0, 0.05) is 0 Å². The van der Waals surface area contributed by atoms with Crippen LogP contribution >= 0.6 is 0 Å². The second-order valence-corrected chi connectivity index (χ2v) is 5.54. The molecule has 1 saturated carbocycles. The third-order valence-electron chi connectivity index (χ3n) is 4.01. The molecule has 0 saturated heterocycles. The Morgan fingerprint density at radius 1 is 1.14 bits per heavy atom. The number of hydrogen-bond acceptors (Lipinski definition) is 2. The summed E-state index contributed by atoms with van der Waals surface area (Å²) in [5, 5.41) is 0. The number of carbonyl (C=O) groups is 1. The number of esters is 1. The molecule has 0 aromatic heterocycles. The Bertz CT molecular complexity index is 473. The summed E-state index contributed by atoms with van der Waals surface area (Å²) in [4.78, 5) is 12.0. The Balaban J connectivity index is 1.72. The average Bonchev–Trinajstić information content (AvgIpc) is 2.52. The molecule has 2 rings (SSSR count). The van der Waals surface area contributed by atoms with Crippen molar-refractivity contribution in [3.63, 3.8) is 0 Å².